The lowest BCUT2D eigenvalue weighted by atomic mass is 9.92. The zero-order valence-electron chi connectivity index (χ0n) is 14.5. The molecule has 0 spiro atoms. The molecule has 1 aliphatic rings. The molecule has 0 saturated carbocycles. The van der Waals surface area contributed by atoms with Gasteiger partial charge in [-0.1, -0.05) is 6.07 Å². The minimum absolute atomic E-state index is 0. The number of hydrogen-bond acceptors (Lipinski definition) is 3. The first-order valence-electron chi connectivity index (χ1n) is 8.40. The van der Waals surface area contributed by atoms with Gasteiger partial charge in [0, 0.05) is 30.9 Å². The summed E-state index contributed by atoms with van der Waals surface area (Å²) in [6, 6.07) is 8.16. The lowest BCUT2D eigenvalue weighted by Gasteiger charge is -2.27. The number of benzene rings is 1. The first-order chi connectivity index (χ1) is 11.6. The van der Waals surface area contributed by atoms with Gasteiger partial charge in [0.25, 0.3) is 0 Å². The Bertz CT molecular complexity index is 759. The van der Waals surface area contributed by atoms with Gasteiger partial charge >= 0.3 is 0 Å². The number of anilines is 1. The summed E-state index contributed by atoms with van der Waals surface area (Å²) < 4.78 is 1.89. The van der Waals surface area contributed by atoms with Gasteiger partial charge in [0.2, 0.25) is 11.8 Å². The maximum absolute atomic E-state index is 12.5. The molecule has 3 N–H and O–H groups in total. The molecule has 1 aromatic carbocycles. The number of nitrogens with one attached hydrogen (secondary N) is 3. The van der Waals surface area contributed by atoms with Gasteiger partial charge in [-0.25, -0.2) is 0 Å². The molecule has 1 fully saturated rings. The van der Waals surface area contributed by atoms with E-state index in [4.69, 9.17) is 0 Å². The SMILES string of the molecule is CNC(=O)Cn1ccc2ccc(NC(=O)[C@H]3CCN[C@@H](C)C3)cc21.Cl. The molecule has 0 aliphatic carbocycles. The van der Waals surface area contributed by atoms with Crippen molar-refractivity contribution in [2.75, 3.05) is 18.9 Å². The van der Waals surface area contributed by atoms with Crippen molar-refractivity contribution in [2.45, 2.75) is 32.4 Å². The lowest BCUT2D eigenvalue weighted by Crippen LogP contribution is -2.40. The van der Waals surface area contributed by atoms with E-state index in [9.17, 15) is 9.59 Å². The normalized spacial score (nSPS) is 19.9. The number of rotatable bonds is 4. The second kappa shape index (κ2) is 8.36. The molecule has 7 heteroatoms. The van der Waals surface area contributed by atoms with E-state index in [0.29, 0.717) is 6.04 Å². The van der Waals surface area contributed by atoms with E-state index in [0.717, 1.165) is 36.0 Å². The molecular weight excluding hydrogens is 340 g/mol. The van der Waals surface area contributed by atoms with E-state index in [2.05, 4.69) is 22.9 Å². The van der Waals surface area contributed by atoms with Gasteiger partial charge in [0.05, 0.1) is 5.52 Å². The standard InChI is InChI=1S/C18H24N4O2.ClH/c1-12-9-14(5-7-20-12)18(24)21-15-4-3-13-6-8-22(16(13)10-15)11-17(23)19-2;/h3-4,6,8,10,12,14,20H,5,7,9,11H2,1-2H3,(H,19,23)(H,21,24);1H/t12-,14-;/m0./s1. The minimum atomic E-state index is -0.0503. The van der Waals surface area contributed by atoms with Crippen LogP contribution in [0.15, 0.2) is 30.5 Å². The number of carbonyl (C=O) groups is 2. The van der Waals surface area contributed by atoms with Gasteiger partial charge in [0.1, 0.15) is 6.54 Å². The van der Waals surface area contributed by atoms with Gasteiger partial charge < -0.3 is 20.5 Å². The fourth-order valence-corrected chi connectivity index (χ4v) is 3.25. The maximum atomic E-state index is 12.5. The molecule has 0 unspecified atom stereocenters. The first kappa shape index (κ1) is 19.3. The molecule has 3 rings (SSSR count). The van der Waals surface area contributed by atoms with Crippen molar-refractivity contribution in [3.05, 3.63) is 30.5 Å². The van der Waals surface area contributed by atoms with Crippen molar-refractivity contribution in [2.24, 2.45) is 5.92 Å². The third-order valence-corrected chi connectivity index (χ3v) is 4.63. The van der Waals surface area contributed by atoms with Gasteiger partial charge in [-0.2, -0.15) is 0 Å². The number of likely N-dealkylation sites (N-methyl/N-ethyl adjacent to an activating group) is 1. The van der Waals surface area contributed by atoms with Crippen LogP contribution in [-0.4, -0.2) is 36.0 Å². The van der Waals surface area contributed by atoms with E-state index in [1.807, 2.05) is 35.0 Å². The molecule has 0 bridgehead atoms. The monoisotopic (exact) mass is 364 g/mol. The fourth-order valence-electron chi connectivity index (χ4n) is 3.25. The molecule has 2 heterocycles. The van der Waals surface area contributed by atoms with Crippen molar-refractivity contribution >= 4 is 40.8 Å². The Morgan fingerprint density at radius 1 is 1.32 bits per heavy atom. The van der Waals surface area contributed by atoms with E-state index < -0.39 is 0 Å². The summed E-state index contributed by atoms with van der Waals surface area (Å²) in [5.41, 5.74) is 1.71. The number of carbonyl (C=O) groups excluding carboxylic acids is 2. The summed E-state index contributed by atoms with van der Waals surface area (Å²) >= 11 is 0. The Labute approximate surface area is 153 Å². The van der Waals surface area contributed by atoms with Crippen LogP contribution < -0.4 is 16.0 Å². The Kier molecular flexibility index (Phi) is 6.45. The molecule has 0 radical (unpaired) electrons. The van der Waals surface area contributed by atoms with Crippen LogP contribution in [0.1, 0.15) is 19.8 Å². The van der Waals surface area contributed by atoms with Crippen LogP contribution >= 0.6 is 12.4 Å². The van der Waals surface area contributed by atoms with E-state index >= 15 is 0 Å². The summed E-state index contributed by atoms with van der Waals surface area (Å²) in [5, 5.41) is 10.1. The summed E-state index contributed by atoms with van der Waals surface area (Å²) in [6.45, 7) is 3.26. The zero-order chi connectivity index (χ0) is 17.1. The summed E-state index contributed by atoms with van der Waals surface area (Å²) in [6.07, 6.45) is 3.62. The average molecular weight is 365 g/mol. The van der Waals surface area contributed by atoms with Crippen LogP contribution in [0.4, 0.5) is 5.69 Å². The molecule has 2 amide bonds. The van der Waals surface area contributed by atoms with Crippen LogP contribution in [0.5, 0.6) is 0 Å². The molecule has 6 nitrogen and oxygen atoms in total. The predicted molar refractivity (Wildman–Crippen MR) is 102 cm³/mol. The molecule has 1 aromatic heterocycles. The van der Waals surface area contributed by atoms with Crippen LogP contribution in [0.2, 0.25) is 0 Å². The summed E-state index contributed by atoms with van der Waals surface area (Å²) in [5.74, 6) is 0.0762. The fraction of sp³-hybridized carbons (Fsp3) is 0.444. The Balaban J connectivity index is 0.00000225. The number of piperidine rings is 1. The molecule has 2 atom stereocenters. The summed E-state index contributed by atoms with van der Waals surface area (Å²) in [7, 11) is 1.62. The maximum Gasteiger partial charge on any atom is 0.239 e. The smallest absolute Gasteiger partial charge is 0.239 e. The molecule has 1 saturated heterocycles. The van der Waals surface area contributed by atoms with Gasteiger partial charge in [-0.05, 0) is 49.9 Å². The lowest BCUT2D eigenvalue weighted by molar-refractivity contribution is -0.121. The van der Waals surface area contributed by atoms with Crippen LogP contribution in [0.25, 0.3) is 10.9 Å². The quantitative estimate of drug-likeness (QED) is 0.778. The highest BCUT2D eigenvalue weighted by molar-refractivity contribution is 5.95. The second-order valence-electron chi connectivity index (χ2n) is 6.46. The van der Waals surface area contributed by atoms with Crippen LogP contribution in [-0.2, 0) is 16.1 Å². The predicted octanol–water partition coefficient (Wildman–Crippen LogP) is 2.14. The van der Waals surface area contributed by atoms with Gasteiger partial charge in [-0.15, -0.1) is 12.4 Å². The van der Waals surface area contributed by atoms with Crippen molar-refractivity contribution in [3.8, 4) is 0 Å². The number of halogens is 1. The molecular formula is C18H25ClN4O2. The Morgan fingerprint density at radius 2 is 2.12 bits per heavy atom. The molecule has 25 heavy (non-hydrogen) atoms. The van der Waals surface area contributed by atoms with Crippen molar-refractivity contribution in [1.82, 2.24) is 15.2 Å². The van der Waals surface area contributed by atoms with Crippen LogP contribution in [0.3, 0.4) is 0 Å². The van der Waals surface area contributed by atoms with Crippen molar-refractivity contribution < 1.29 is 9.59 Å². The number of hydrogen-bond donors (Lipinski definition) is 3. The highest BCUT2D eigenvalue weighted by Gasteiger charge is 2.24. The van der Waals surface area contributed by atoms with Gasteiger partial charge in [-0.3, -0.25) is 9.59 Å². The number of aromatic nitrogens is 1. The van der Waals surface area contributed by atoms with Crippen LogP contribution in [0, 0.1) is 5.92 Å². The van der Waals surface area contributed by atoms with E-state index in [1.165, 1.54) is 0 Å². The number of nitrogens with zero attached hydrogens (tertiary/aromatic N) is 1. The topological polar surface area (TPSA) is 75.2 Å². The largest absolute Gasteiger partial charge is 0.358 e. The molecule has 1 aliphatic heterocycles. The van der Waals surface area contributed by atoms with E-state index in [-0.39, 0.29) is 36.7 Å². The van der Waals surface area contributed by atoms with Crippen molar-refractivity contribution in [1.29, 1.82) is 0 Å². The summed E-state index contributed by atoms with van der Waals surface area (Å²) in [4.78, 5) is 24.1. The zero-order valence-corrected chi connectivity index (χ0v) is 15.4. The average Bonchev–Trinajstić information content (AvgIpc) is 2.97. The Hall–Kier alpha value is -2.05. The van der Waals surface area contributed by atoms with Crippen molar-refractivity contribution in [3.63, 3.8) is 0 Å². The second-order valence-corrected chi connectivity index (χ2v) is 6.46. The van der Waals surface area contributed by atoms with E-state index in [1.54, 1.807) is 7.05 Å². The highest BCUT2D eigenvalue weighted by atomic mass is 35.5. The van der Waals surface area contributed by atoms with Gasteiger partial charge in [0.15, 0.2) is 0 Å². The first-order valence-corrected chi connectivity index (χ1v) is 8.40. The third kappa shape index (κ3) is 4.52. The third-order valence-electron chi connectivity index (χ3n) is 4.63. The Morgan fingerprint density at radius 3 is 2.84 bits per heavy atom. The number of amides is 2. The number of fused-ring (bicyclic) bond motifs is 1. The molecule has 2 aromatic rings. The minimum Gasteiger partial charge on any atom is -0.358 e. The highest BCUT2D eigenvalue weighted by Crippen LogP contribution is 2.23. The molecule has 136 valence electrons.